The SMILES string of the molecule is C=CC(=O)N1CC[C@@H](NC(=O)c2sc3nccc4c3c2NC(=O)N4c2cccc(OC(C)C)c2)C1. The molecule has 0 saturated carbocycles. The van der Waals surface area contributed by atoms with Gasteiger partial charge in [0.1, 0.15) is 15.5 Å². The van der Waals surface area contributed by atoms with Crippen LogP contribution in [0.2, 0.25) is 0 Å². The first-order valence-electron chi connectivity index (χ1n) is 11.4. The number of anilines is 3. The van der Waals surface area contributed by atoms with Crippen molar-refractivity contribution in [1.29, 1.82) is 0 Å². The lowest BCUT2D eigenvalue weighted by atomic mass is 10.1. The molecule has 1 saturated heterocycles. The molecule has 0 radical (unpaired) electrons. The van der Waals surface area contributed by atoms with Crippen LogP contribution in [0, 0.1) is 0 Å². The zero-order valence-electron chi connectivity index (χ0n) is 19.4. The highest BCUT2D eigenvalue weighted by Crippen LogP contribution is 2.46. The molecular weight excluding hydrogens is 466 g/mol. The molecule has 9 nitrogen and oxygen atoms in total. The van der Waals surface area contributed by atoms with Gasteiger partial charge in [-0.25, -0.2) is 9.78 Å². The van der Waals surface area contributed by atoms with Gasteiger partial charge in [0.2, 0.25) is 5.91 Å². The second-order valence-electron chi connectivity index (χ2n) is 8.69. The van der Waals surface area contributed by atoms with E-state index in [2.05, 4.69) is 22.2 Å². The minimum Gasteiger partial charge on any atom is -0.491 e. The van der Waals surface area contributed by atoms with Crippen LogP contribution in [0.15, 0.2) is 49.2 Å². The molecule has 2 N–H and O–H groups in total. The van der Waals surface area contributed by atoms with E-state index in [1.165, 1.54) is 17.4 Å². The molecule has 0 aliphatic carbocycles. The van der Waals surface area contributed by atoms with Crippen LogP contribution in [0.25, 0.3) is 10.2 Å². The molecular formula is C25H25N5O4S. The van der Waals surface area contributed by atoms with Crippen LogP contribution in [-0.4, -0.2) is 53.0 Å². The Morgan fingerprint density at radius 3 is 2.94 bits per heavy atom. The first kappa shape index (κ1) is 22.9. The highest BCUT2D eigenvalue weighted by Gasteiger charge is 2.34. The van der Waals surface area contributed by atoms with Gasteiger partial charge in [-0.1, -0.05) is 12.6 Å². The molecule has 5 rings (SSSR count). The number of nitrogens with one attached hydrogen (secondary N) is 2. The van der Waals surface area contributed by atoms with Gasteiger partial charge in [-0.15, -0.1) is 11.3 Å². The number of hydrogen-bond acceptors (Lipinski definition) is 6. The Labute approximate surface area is 206 Å². The largest absolute Gasteiger partial charge is 0.491 e. The molecule has 3 aromatic rings. The highest BCUT2D eigenvalue weighted by atomic mass is 32.1. The topological polar surface area (TPSA) is 104 Å². The van der Waals surface area contributed by atoms with Crippen LogP contribution in [-0.2, 0) is 4.79 Å². The molecule has 10 heteroatoms. The Balaban J connectivity index is 1.46. The number of likely N-dealkylation sites (tertiary alicyclic amines) is 1. The molecule has 2 aromatic heterocycles. The molecule has 1 aromatic carbocycles. The fourth-order valence-electron chi connectivity index (χ4n) is 4.43. The van der Waals surface area contributed by atoms with Gasteiger partial charge in [0.05, 0.1) is 28.6 Å². The van der Waals surface area contributed by atoms with E-state index in [-0.39, 0.29) is 30.0 Å². The number of ether oxygens (including phenoxy) is 1. The van der Waals surface area contributed by atoms with Gasteiger partial charge in [-0.2, -0.15) is 0 Å². The lowest BCUT2D eigenvalue weighted by Gasteiger charge is -2.28. The van der Waals surface area contributed by atoms with Crippen molar-refractivity contribution < 1.29 is 19.1 Å². The van der Waals surface area contributed by atoms with Gasteiger partial charge in [-0.3, -0.25) is 14.5 Å². The van der Waals surface area contributed by atoms with Crippen molar-refractivity contribution in [2.24, 2.45) is 0 Å². The Morgan fingerprint density at radius 1 is 1.34 bits per heavy atom. The van der Waals surface area contributed by atoms with Crippen molar-refractivity contribution in [2.45, 2.75) is 32.4 Å². The van der Waals surface area contributed by atoms with Gasteiger partial charge in [0, 0.05) is 31.4 Å². The molecule has 1 atom stereocenters. The Kier molecular flexibility index (Phi) is 5.89. The van der Waals surface area contributed by atoms with Crippen LogP contribution in [0.1, 0.15) is 29.9 Å². The van der Waals surface area contributed by atoms with E-state index in [4.69, 9.17) is 4.74 Å². The van der Waals surface area contributed by atoms with Crippen LogP contribution < -0.4 is 20.3 Å². The smallest absolute Gasteiger partial charge is 0.331 e. The first-order chi connectivity index (χ1) is 16.9. The lowest BCUT2D eigenvalue weighted by molar-refractivity contribution is -0.125. The summed E-state index contributed by atoms with van der Waals surface area (Å²) in [5.41, 5.74) is 1.75. The van der Waals surface area contributed by atoms with Crippen LogP contribution >= 0.6 is 11.3 Å². The monoisotopic (exact) mass is 491 g/mol. The third kappa shape index (κ3) is 4.21. The second-order valence-corrected chi connectivity index (χ2v) is 9.69. The number of pyridine rings is 1. The number of thiophene rings is 1. The predicted molar refractivity (Wildman–Crippen MR) is 136 cm³/mol. The summed E-state index contributed by atoms with van der Waals surface area (Å²) < 4.78 is 5.80. The zero-order valence-corrected chi connectivity index (χ0v) is 20.2. The van der Waals surface area contributed by atoms with E-state index in [0.29, 0.717) is 57.4 Å². The molecule has 0 bridgehead atoms. The van der Waals surface area contributed by atoms with Gasteiger partial charge < -0.3 is 20.3 Å². The van der Waals surface area contributed by atoms with E-state index in [0.717, 1.165) is 0 Å². The van der Waals surface area contributed by atoms with Crippen molar-refractivity contribution in [1.82, 2.24) is 15.2 Å². The van der Waals surface area contributed by atoms with E-state index < -0.39 is 0 Å². The Morgan fingerprint density at radius 2 is 2.17 bits per heavy atom. The molecule has 4 heterocycles. The average molecular weight is 492 g/mol. The number of benzene rings is 1. The number of carbonyl (C=O) groups is 3. The minimum absolute atomic E-state index is 0.000510. The third-order valence-electron chi connectivity index (χ3n) is 5.91. The summed E-state index contributed by atoms with van der Waals surface area (Å²) in [6, 6.07) is 8.55. The Hall–Kier alpha value is -3.92. The summed E-state index contributed by atoms with van der Waals surface area (Å²) in [5.74, 6) is 0.211. The summed E-state index contributed by atoms with van der Waals surface area (Å²) in [6.45, 7) is 8.39. The quantitative estimate of drug-likeness (QED) is 0.501. The number of amides is 4. The van der Waals surface area contributed by atoms with E-state index in [1.54, 1.807) is 22.1 Å². The van der Waals surface area contributed by atoms with E-state index in [1.807, 2.05) is 38.1 Å². The van der Waals surface area contributed by atoms with Crippen molar-refractivity contribution in [2.75, 3.05) is 23.3 Å². The van der Waals surface area contributed by atoms with Crippen molar-refractivity contribution in [3.63, 3.8) is 0 Å². The molecule has 1 fully saturated rings. The average Bonchev–Trinajstić information content (AvgIpc) is 3.44. The van der Waals surface area contributed by atoms with Gasteiger partial charge in [0.15, 0.2) is 0 Å². The van der Waals surface area contributed by atoms with E-state index >= 15 is 0 Å². The summed E-state index contributed by atoms with van der Waals surface area (Å²) in [7, 11) is 0. The van der Waals surface area contributed by atoms with Crippen LogP contribution in [0.4, 0.5) is 21.9 Å². The maximum atomic E-state index is 13.3. The maximum absolute atomic E-state index is 13.3. The predicted octanol–water partition coefficient (Wildman–Crippen LogP) is 4.28. The van der Waals surface area contributed by atoms with E-state index in [9.17, 15) is 14.4 Å². The van der Waals surface area contributed by atoms with Crippen molar-refractivity contribution >= 4 is 56.5 Å². The van der Waals surface area contributed by atoms with Gasteiger partial charge >= 0.3 is 6.03 Å². The van der Waals surface area contributed by atoms with Gasteiger partial charge in [-0.05, 0) is 44.5 Å². The Bertz CT molecular complexity index is 1350. The summed E-state index contributed by atoms with van der Waals surface area (Å²) in [5, 5.41) is 6.62. The van der Waals surface area contributed by atoms with Crippen molar-refractivity contribution in [3.8, 4) is 5.75 Å². The molecule has 4 amide bonds. The summed E-state index contributed by atoms with van der Waals surface area (Å²) >= 11 is 1.23. The van der Waals surface area contributed by atoms with Gasteiger partial charge in [0.25, 0.3) is 5.91 Å². The summed E-state index contributed by atoms with van der Waals surface area (Å²) in [6.07, 6.45) is 3.57. The second kappa shape index (κ2) is 9.03. The fourth-order valence-corrected chi connectivity index (χ4v) is 5.45. The number of rotatable bonds is 6. The van der Waals surface area contributed by atoms with Crippen LogP contribution in [0.3, 0.4) is 0 Å². The molecule has 2 aliphatic heterocycles. The maximum Gasteiger partial charge on any atom is 0.331 e. The zero-order chi connectivity index (χ0) is 24.7. The lowest BCUT2D eigenvalue weighted by Crippen LogP contribution is -2.39. The fraction of sp³-hybridized carbons (Fsp3) is 0.280. The molecule has 0 spiro atoms. The normalized spacial score (nSPS) is 17.0. The molecule has 0 unspecified atom stereocenters. The number of nitrogens with zero attached hydrogens (tertiary/aromatic N) is 3. The van der Waals surface area contributed by atoms with Crippen molar-refractivity contribution in [3.05, 3.63) is 54.1 Å². The van der Waals surface area contributed by atoms with Crippen LogP contribution in [0.5, 0.6) is 5.75 Å². The number of carbonyl (C=O) groups excluding carboxylic acids is 3. The summed E-state index contributed by atoms with van der Waals surface area (Å²) in [4.78, 5) is 47.0. The highest BCUT2D eigenvalue weighted by molar-refractivity contribution is 7.21. The number of aromatic nitrogens is 1. The molecule has 2 aliphatic rings. The molecule has 180 valence electrons. The standard InChI is InChI=1S/C25H25N5O4S/c1-4-19(31)29-11-9-15(13-29)27-23(32)22-21-20-18(8-10-26-24(20)35-22)30(25(33)28-21)16-6-5-7-17(12-16)34-14(2)3/h4-8,10,12,14-15H,1,9,11,13H2,2-3H3,(H,27,32)(H,28,33)/t15-/m1/s1. The third-order valence-corrected chi connectivity index (χ3v) is 7.01. The number of urea groups is 1. The first-order valence-corrected chi connectivity index (χ1v) is 12.2. The molecule has 35 heavy (non-hydrogen) atoms. The minimum atomic E-state index is -0.372. The number of hydrogen-bond donors (Lipinski definition) is 2.